The van der Waals surface area contributed by atoms with Crippen LogP contribution in [0.5, 0.6) is 0 Å². The molecule has 1 aliphatic heterocycles. The fraction of sp³-hybridized carbons (Fsp3) is 1.00. The first-order chi connectivity index (χ1) is 6.52. The quantitative estimate of drug-likeness (QED) is 0.638. The Hall–Kier alpha value is -0.130. The maximum absolute atomic E-state index is 11.4. The molecule has 0 saturated carbocycles. The molecular formula is C9H19NO3S. The van der Waals surface area contributed by atoms with Crippen molar-refractivity contribution in [1.82, 2.24) is 5.32 Å². The summed E-state index contributed by atoms with van der Waals surface area (Å²) in [6, 6.07) is 0. The topological polar surface area (TPSA) is 66.4 Å². The number of aliphatic hydroxyl groups excluding tert-OH is 1. The molecule has 1 heterocycles. The van der Waals surface area contributed by atoms with Crippen molar-refractivity contribution in [2.45, 2.75) is 37.5 Å². The van der Waals surface area contributed by atoms with E-state index in [1.165, 1.54) is 0 Å². The molecule has 2 N–H and O–H groups in total. The first-order valence-corrected chi connectivity index (χ1v) is 6.84. The Balaban J connectivity index is 2.19. The number of aliphatic hydroxyl groups is 1. The van der Waals surface area contributed by atoms with Gasteiger partial charge in [0.05, 0.1) is 17.1 Å². The fourth-order valence-corrected chi connectivity index (χ4v) is 3.46. The van der Waals surface area contributed by atoms with Crippen LogP contribution in [0.15, 0.2) is 0 Å². The van der Waals surface area contributed by atoms with E-state index in [9.17, 15) is 8.42 Å². The average Bonchev–Trinajstić information content (AvgIpc) is 2.39. The molecule has 0 radical (unpaired) electrons. The number of hydrogen-bond donors (Lipinski definition) is 2. The monoisotopic (exact) mass is 221 g/mol. The van der Waals surface area contributed by atoms with Crippen LogP contribution in [0.1, 0.15) is 26.2 Å². The van der Waals surface area contributed by atoms with E-state index in [2.05, 4.69) is 5.32 Å². The molecule has 0 spiro atoms. The Morgan fingerprint density at radius 3 is 2.79 bits per heavy atom. The van der Waals surface area contributed by atoms with Crippen molar-refractivity contribution in [2.24, 2.45) is 0 Å². The first kappa shape index (κ1) is 11.9. The predicted octanol–water partition coefficient (Wildman–Crippen LogP) is -0.0759. The Morgan fingerprint density at radius 1 is 1.57 bits per heavy atom. The van der Waals surface area contributed by atoms with E-state index in [0.29, 0.717) is 25.3 Å². The van der Waals surface area contributed by atoms with Crippen LogP contribution in [0.4, 0.5) is 0 Å². The van der Waals surface area contributed by atoms with E-state index >= 15 is 0 Å². The Bertz CT molecular complexity index is 261. The summed E-state index contributed by atoms with van der Waals surface area (Å²) in [5.74, 6) is 0.343. The maximum Gasteiger partial charge on any atom is 0.154 e. The highest BCUT2D eigenvalue weighted by molar-refractivity contribution is 7.92. The van der Waals surface area contributed by atoms with Gasteiger partial charge in [-0.2, -0.15) is 0 Å². The third-order valence-corrected chi connectivity index (χ3v) is 4.85. The van der Waals surface area contributed by atoms with Gasteiger partial charge < -0.3 is 10.4 Å². The molecule has 84 valence electrons. The molecule has 4 nitrogen and oxygen atoms in total. The molecule has 0 aromatic rings. The molecule has 2 unspecified atom stereocenters. The van der Waals surface area contributed by atoms with Gasteiger partial charge in [0.25, 0.3) is 0 Å². The second-order valence-electron chi connectivity index (χ2n) is 3.97. The molecule has 1 aliphatic rings. The number of rotatable bonds is 5. The lowest BCUT2D eigenvalue weighted by atomic mass is 10.2. The summed E-state index contributed by atoms with van der Waals surface area (Å²) >= 11 is 0. The highest BCUT2D eigenvalue weighted by Gasteiger charge is 2.30. The van der Waals surface area contributed by atoms with Gasteiger partial charge >= 0.3 is 0 Å². The zero-order chi connectivity index (χ0) is 10.6. The molecule has 0 aliphatic carbocycles. The van der Waals surface area contributed by atoms with E-state index < -0.39 is 9.84 Å². The minimum Gasteiger partial charge on any atom is -0.393 e. The van der Waals surface area contributed by atoms with Crippen molar-refractivity contribution in [2.75, 3.05) is 18.8 Å². The van der Waals surface area contributed by atoms with Crippen LogP contribution in [0.2, 0.25) is 0 Å². The van der Waals surface area contributed by atoms with E-state index in [1.54, 1.807) is 6.92 Å². The minimum atomic E-state index is -2.81. The molecule has 14 heavy (non-hydrogen) atoms. The standard InChI is InChI=1S/C9H19NO3S/c1-8(11)4-5-10-7-9-3-2-6-14(9,12)13/h8-11H,2-7H2,1H3. The van der Waals surface area contributed by atoms with Crippen molar-refractivity contribution in [3.63, 3.8) is 0 Å². The minimum absolute atomic E-state index is 0.198. The Labute approximate surface area is 85.6 Å². The van der Waals surface area contributed by atoms with E-state index in [0.717, 1.165) is 12.8 Å². The molecule has 0 aromatic carbocycles. The van der Waals surface area contributed by atoms with E-state index in [-0.39, 0.29) is 11.4 Å². The summed E-state index contributed by atoms with van der Waals surface area (Å²) in [7, 11) is -2.81. The number of hydrogen-bond acceptors (Lipinski definition) is 4. The first-order valence-electron chi connectivity index (χ1n) is 5.13. The van der Waals surface area contributed by atoms with Gasteiger partial charge in [-0.25, -0.2) is 8.42 Å². The van der Waals surface area contributed by atoms with Crippen molar-refractivity contribution in [1.29, 1.82) is 0 Å². The van der Waals surface area contributed by atoms with E-state index in [1.807, 2.05) is 0 Å². The lowest BCUT2D eigenvalue weighted by Crippen LogP contribution is -2.31. The van der Waals surface area contributed by atoms with Crippen molar-refractivity contribution < 1.29 is 13.5 Å². The summed E-state index contributed by atoms with van der Waals surface area (Å²) in [6.45, 7) is 2.95. The highest BCUT2D eigenvalue weighted by Crippen LogP contribution is 2.18. The van der Waals surface area contributed by atoms with Gasteiger partial charge in [0.1, 0.15) is 0 Å². The fourth-order valence-electron chi connectivity index (χ4n) is 1.66. The zero-order valence-electron chi connectivity index (χ0n) is 8.57. The SMILES string of the molecule is CC(O)CCNCC1CCCS1(=O)=O. The molecule has 5 heteroatoms. The zero-order valence-corrected chi connectivity index (χ0v) is 9.39. The van der Waals surface area contributed by atoms with Crippen LogP contribution in [-0.2, 0) is 9.84 Å². The van der Waals surface area contributed by atoms with Crippen LogP contribution in [0.3, 0.4) is 0 Å². The molecule has 0 aromatic heterocycles. The van der Waals surface area contributed by atoms with Crippen LogP contribution in [0, 0.1) is 0 Å². The molecule has 0 bridgehead atoms. The smallest absolute Gasteiger partial charge is 0.154 e. The number of sulfone groups is 1. The summed E-state index contributed by atoms with van der Waals surface area (Å²) < 4.78 is 22.8. The van der Waals surface area contributed by atoms with Gasteiger partial charge in [-0.05, 0) is 32.7 Å². The van der Waals surface area contributed by atoms with Gasteiger partial charge in [-0.15, -0.1) is 0 Å². The van der Waals surface area contributed by atoms with Crippen molar-refractivity contribution in [3.05, 3.63) is 0 Å². The molecule has 2 atom stereocenters. The van der Waals surface area contributed by atoms with Gasteiger partial charge in [0.2, 0.25) is 0 Å². The molecular weight excluding hydrogens is 202 g/mol. The summed E-state index contributed by atoms with van der Waals surface area (Å²) in [4.78, 5) is 0. The third-order valence-electron chi connectivity index (χ3n) is 2.57. The predicted molar refractivity (Wildman–Crippen MR) is 56.0 cm³/mol. The van der Waals surface area contributed by atoms with Crippen molar-refractivity contribution >= 4 is 9.84 Å². The largest absolute Gasteiger partial charge is 0.393 e. The summed E-state index contributed by atoms with van der Waals surface area (Å²) in [5, 5.41) is 11.9. The van der Waals surface area contributed by atoms with Gasteiger partial charge in [0.15, 0.2) is 9.84 Å². The number of nitrogens with one attached hydrogen (secondary N) is 1. The maximum atomic E-state index is 11.4. The third kappa shape index (κ3) is 3.55. The van der Waals surface area contributed by atoms with Gasteiger partial charge in [-0.3, -0.25) is 0 Å². The van der Waals surface area contributed by atoms with E-state index in [4.69, 9.17) is 5.11 Å². The second-order valence-corrected chi connectivity index (χ2v) is 6.37. The molecule has 0 amide bonds. The summed E-state index contributed by atoms with van der Waals surface area (Å²) in [5.41, 5.74) is 0. The average molecular weight is 221 g/mol. The second kappa shape index (κ2) is 5.09. The Kier molecular flexibility index (Phi) is 4.34. The van der Waals surface area contributed by atoms with Crippen LogP contribution >= 0.6 is 0 Å². The normalized spacial score (nSPS) is 27.7. The van der Waals surface area contributed by atoms with Crippen molar-refractivity contribution in [3.8, 4) is 0 Å². The highest BCUT2D eigenvalue weighted by atomic mass is 32.2. The van der Waals surface area contributed by atoms with Gasteiger partial charge in [0, 0.05) is 6.54 Å². The van der Waals surface area contributed by atoms with Crippen LogP contribution < -0.4 is 5.32 Å². The Morgan fingerprint density at radius 2 is 2.29 bits per heavy atom. The lowest BCUT2D eigenvalue weighted by molar-refractivity contribution is 0.184. The molecule has 1 saturated heterocycles. The molecule has 1 fully saturated rings. The molecule has 1 rings (SSSR count). The lowest BCUT2D eigenvalue weighted by Gasteiger charge is -2.11. The van der Waals surface area contributed by atoms with Crippen LogP contribution in [0.25, 0.3) is 0 Å². The van der Waals surface area contributed by atoms with Crippen LogP contribution in [-0.4, -0.2) is 43.7 Å². The summed E-state index contributed by atoms with van der Waals surface area (Å²) in [6.07, 6.45) is 1.93. The van der Waals surface area contributed by atoms with Gasteiger partial charge in [-0.1, -0.05) is 0 Å².